The number of benzene rings is 1. The molecule has 1 fully saturated rings. The highest BCUT2D eigenvalue weighted by atomic mass is 19.1. The highest BCUT2D eigenvalue weighted by molar-refractivity contribution is 5.92. The number of carbonyl (C=O) groups is 1. The van der Waals surface area contributed by atoms with Gasteiger partial charge in [-0.1, -0.05) is 0 Å². The third-order valence-corrected chi connectivity index (χ3v) is 5.36. The summed E-state index contributed by atoms with van der Waals surface area (Å²) in [6.45, 7) is 0.968. The van der Waals surface area contributed by atoms with Gasteiger partial charge in [0.1, 0.15) is 17.2 Å². The molecule has 11 heteroatoms. The summed E-state index contributed by atoms with van der Waals surface area (Å²) in [4.78, 5) is 32.0. The van der Waals surface area contributed by atoms with Gasteiger partial charge in [-0.3, -0.25) is 9.36 Å². The fourth-order valence-corrected chi connectivity index (χ4v) is 3.47. The van der Waals surface area contributed by atoms with Crippen molar-refractivity contribution in [3.05, 3.63) is 57.6 Å². The molecule has 0 unspecified atom stereocenters. The second-order valence-corrected chi connectivity index (χ2v) is 7.56. The van der Waals surface area contributed by atoms with Crippen molar-refractivity contribution in [3.63, 3.8) is 0 Å². The van der Waals surface area contributed by atoms with Gasteiger partial charge < -0.3 is 20.6 Å². The van der Waals surface area contributed by atoms with E-state index < -0.39 is 34.4 Å². The topological polar surface area (TPSA) is 105 Å². The Balaban J connectivity index is 1.99. The summed E-state index contributed by atoms with van der Waals surface area (Å²) in [5.41, 5.74) is 2.96. The van der Waals surface area contributed by atoms with Gasteiger partial charge in [0.2, 0.25) is 5.43 Å². The van der Waals surface area contributed by atoms with Crippen molar-refractivity contribution in [2.24, 2.45) is 0 Å². The maximum absolute atomic E-state index is 14.8. The van der Waals surface area contributed by atoms with E-state index in [1.807, 2.05) is 19.0 Å². The lowest BCUT2D eigenvalue weighted by atomic mass is 10.1. The minimum Gasteiger partial charge on any atom is -0.477 e. The number of nitrogen functional groups attached to an aromatic ring is 1. The molecule has 1 aliphatic heterocycles. The van der Waals surface area contributed by atoms with Crippen molar-refractivity contribution < 1.29 is 23.1 Å². The maximum atomic E-state index is 14.8. The number of aromatic nitrogens is 2. The number of hydrogen-bond donors (Lipinski definition) is 2. The van der Waals surface area contributed by atoms with E-state index in [-0.39, 0.29) is 34.3 Å². The highest BCUT2D eigenvalue weighted by Gasteiger charge is 2.32. The maximum Gasteiger partial charge on any atom is 0.341 e. The van der Waals surface area contributed by atoms with Crippen molar-refractivity contribution in [2.45, 2.75) is 6.04 Å². The molecule has 1 aliphatic rings. The van der Waals surface area contributed by atoms with E-state index in [9.17, 15) is 27.9 Å². The molecule has 4 rings (SSSR count). The van der Waals surface area contributed by atoms with E-state index >= 15 is 0 Å². The Morgan fingerprint density at radius 1 is 1.16 bits per heavy atom. The number of rotatable bonds is 4. The van der Waals surface area contributed by atoms with Crippen LogP contribution in [0.3, 0.4) is 0 Å². The number of hydrogen-bond acceptors (Lipinski definition) is 6. The molecule has 0 spiro atoms. The van der Waals surface area contributed by atoms with Crippen molar-refractivity contribution in [3.8, 4) is 5.69 Å². The molecule has 0 aliphatic carbocycles. The highest BCUT2D eigenvalue weighted by Crippen LogP contribution is 2.29. The van der Waals surface area contributed by atoms with Crippen LogP contribution in [0.2, 0.25) is 0 Å². The van der Waals surface area contributed by atoms with Crippen LogP contribution in [0, 0.1) is 17.5 Å². The summed E-state index contributed by atoms with van der Waals surface area (Å²) >= 11 is 0. The number of pyridine rings is 2. The number of likely N-dealkylation sites (N-methyl/N-ethyl adjacent to an activating group) is 1. The number of nitrogens with zero attached hydrogens (tertiary/aromatic N) is 4. The van der Waals surface area contributed by atoms with Crippen LogP contribution in [-0.2, 0) is 0 Å². The van der Waals surface area contributed by atoms with Crippen LogP contribution < -0.4 is 16.1 Å². The van der Waals surface area contributed by atoms with E-state index in [4.69, 9.17) is 5.73 Å². The predicted molar refractivity (Wildman–Crippen MR) is 108 cm³/mol. The molecule has 0 radical (unpaired) electrons. The molecule has 1 saturated heterocycles. The quantitative estimate of drug-likeness (QED) is 0.605. The Bertz CT molecular complexity index is 1290. The number of fused-ring (bicyclic) bond motifs is 1. The molecule has 0 amide bonds. The number of carboxylic acid groups (broad SMARTS) is 1. The predicted octanol–water partition coefficient (Wildman–Crippen LogP) is 1.83. The van der Waals surface area contributed by atoms with Gasteiger partial charge in [-0.2, -0.15) is 0 Å². The molecule has 162 valence electrons. The lowest BCUT2D eigenvalue weighted by molar-refractivity contribution is 0.0695. The van der Waals surface area contributed by atoms with Gasteiger partial charge in [-0.05, 0) is 26.2 Å². The molecule has 31 heavy (non-hydrogen) atoms. The molecule has 8 nitrogen and oxygen atoms in total. The van der Waals surface area contributed by atoms with Crippen LogP contribution in [-0.4, -0.2) is 58.8 Å². The van der Waals surface area contributed by atoms with E-state index in [0.717, 1.165) is 22.9 Å². The number of anilines is 2. The number of aromatic carboxylic acids is 1. The average molecular weight is 433 g/mol. The Morgan fingerprint density at radius 3 is 2.45 bits per heavy atom. The SMILES string of the molecule is CN(C)C1CN(c2nc3c(cc2F)c(=O)c(C(=O)O)cn3-c2cc(N)c(F)cc2F)C1. The number of nitrogens with two attached hydrogens (primary N) is 1. The fraction of sp³-hybridized carbons (Fsp3) is 0.250. The van der Waals surface area contributed by atoms with E-state index in [0.29, 0.717) is 19.2 Å². The van der Waals surface area contributed by atoms with Gasteiger partial charge in [0.25, 0.3) is 0 Å². The molecule has 3 N–H and O–H groups in total. The van der Waals surface area contributed by atoms with Crippen molar-refractivity contribution in [2.75, 3.05) is 37.8 Å². The van der Waals surface area contributed by atoms with Crippen LogP contribution >= 0.6 is 0 Å². The van der Waals surface area contributed by atoms with E-state index in [1.165, 1.54) is 0 Å². The van der Waals surface area contributed by atoms with Crippen LogP contribution in [0.25, 0.3) is 16.7 Å². The van der Waals surface area contributed by atoms with Crippen molar-refractivity contribution in [1.82, 2.24) is 14.5 Å². The first-order valence-electron chi connectivity index (χ1n) is 9.24. The zero-order valence-electron chi connectivity index (χ0n) is 16.6. The summed E-state index contributed by atoms with van der Waals surface area (Å²) in [5, 5.41) is 9.03. The van der Waals surface area contributed by atoms with E-state index in [2.05, 4.69) is 4.98 Å². The van der Waals surface area contributed by atoms with Crippen molar-refractivity contribution >= 4 is 28.5 Å². The zero-order chi connectivity index (χ0) is 22.6. The van der Waals surface area contributed by atoms with Crippen LogP contribution in [0.4, 0.5) is 24.7 Å². The molecule has 1 aromatic carbocycles. The van der Waals surface area contributed by atoms with Gasteiger partial charge in [-0.15, -0.1) is 0 Å². The molecule has 3 heterocycles. The molecule has 2 aromatic heterocycles. The van der Waals surface area contributed by atoms with Crippen molar-refractivity contribution in [1.29, 1.82) is 0 Å². The minimum absolute atomic E-state index is 0.0580. The molecule has 0 saturated carbocycles. The Hall–Kier alpha value is -3.60. The minimum atomic E-state index is -1.59. The van der Waals surface area contributed by atoms with Gasteiger partial charge in [0, 0.05) is 31.4 Å². The summed E-state index contributed by atoms with van der Waals surface area (Å²) in [7, 11) is 3.78. The first-order chi connectivity index (χ1) is 14.6. The molecule has 3 aromatic rings. The monoisotopic (exact) mass is 433 g/mol. The fourth-order valence-electron chi connectivity index (χ4n) is 3.47. The van der Waals surface area contributed by atoms with Crippen LogP contribution in [0.15, 0.2) is 29.2 Å². The summed E-state index contributed by atoms with van der Waals surface area (Å²) in [6, 6.07) is 2.56. The Kier molecular flexibility index (Phi) is 4.85. The van der Waals surface area contributed by atoms with Gasteiger partial charge in [0.15, 0.2) is 17.3 Å². The normalized spacial score (nSPS) is 14.3. The lowest BCUT2D eigenvalue weighted by Gasteiger charge is -2.43. The average Bonchev–Trinajstić information content (AvgIpc) is 2.64. The summed E-state index contributed by atoms with van der Waals surface area (Å²) in [5.74, 6) is -4.51. The molecule has 0 bridgehead atoms. The summed E-state index contributed by atoms with van der Waals surface area (Å²) in [6.07, 6.45) is 0.871. The third-order valence-electron chi connectivity index (χ3n) is 5.36. The molecule has 0 atom stereocenters. The summed E-state index contributed by atoms with van der Waals surface area (Å²) < 4.78 is 44.0. The Morgan fingerprint density at radius 2 is 1.84 bits per heavy atom. The van der Waals surface area contributed by atoms with Crippen LogP contribution in [0.1, 0.15) is 10.4 Å². The van der Waals surface area contributed by atoms with E-state index in [1.54, 1.807) is 4.90 Å². The smallest absolute Gasteiger partial charge is 0.341 e. The third kappa shape index (κ3) is 3.36. The number of carboxylic acids is 1. The second-order valence-electron chi connectivity index (χ2n) is 7.56. The first kappa shape index (κ1) is 20.7. The molecular weight excluding hydrogens is 415 g/mol. The molecular formula is C20H18F3N5O3. The van der Waals surface area contributed by atoms with Gasteiger partial charge in [0.05, 0.1) is 16.8 Å². The lowest BCUT2D eigenvalue weighted by Crippen LogP contribution is -2.58. The first-order valence-corrected chi connectivity index (χ1v) is 9.24. The van der Waals surface area contributed by atoms with Gasteiger partial charge in [-0.25, -0.2) is 22.9 Å². The van der Waals surface area contributed by atoms with Crippen LogP contribution in [0.5, 0.6) is 0 Å². The Labute approximate surface area is 173 Å². The second kappa shape index (κ2) is 7.27. The standard InChI is InChI=1S/C20H18F3N5O3/c1-26(2)9-6-27(7-9)19-14(23)3-10-17(29)11(20(30)31)8-28(18(10)25-19)16-5-15(24)12(21)4-13(16)22/h3-5,8-9H,6-7,24H2,1-2H3,(H,30,31). The van der Waals surface area contributed by atoms with Gasteiger partial charge >= 0.3 is 5.97 Å². The zero-order valence-corrected chi connectivity index (χ0v) is 16.6. The largest absolute Gasteiger partial charge is 0.477 e. The number of halogens is 3.